The van der Waals surface area contributed by atoms with E-state index < -0.39 is 32.8 Å². The Kier molecular flexibility index (Phi) is 4.84. The molecule has 1 aliphatic heterocycles. The Morgan fingerprint density at radius 3 is 2.17 bits per heavy atom. The zero-order valence-electron chi connectivity index (χ0n) is 15.8. The monoisotopic (exact) mass is 463 g/mol. The number of ketones is 1. The summed E-state index contributed by atoms with van der Waals surface area (Å²) in [6, 6.07) is 11.2. The smallest absolute Gasteiger partial charge is 0.243 e. The number of hydrogen-bond acceptors (Lipinski definition) is 5. The minimum atomic E-state index is -3.42. The van der Waals surface area contributed by atoms with Crippen LogP contribution in [0.2, 0.25) is 4.34 Å². The van der Waals surface area contributed by atoms with E-state index in [1.165, 1.54) is 55.5 Å². The van der Waals surface area contributed by atoms with Gasteiger partial charge in [0.1, 0.15) is 20.6 Å². The molecule has 1 N–H and O–H groups in total. The number of thiophene rings is 1. The van der Waals surface area contributed by atoms with Crippen LogP contribution in [0.25, 0.3) is 11.1 Å². The van der Waals surface area contributed by atoms with Crippen molar-refractivity contribution in [3.8, 4) is 11.1 Å². The van der Waals surface area contributed by atoms with Crippen molar-refractivity contribution in [3.63, 3.8) is 0 Å². The first-order valence-electron chi connectivity index (χ1n) is 8.78. The van der Waals surface area contributed by atoms with Gasteiger partial charge in [0.25, 0.3) is 0 Å². The second-order valence-corrected chi connectivity index (χ2v) is 10.8. The summed E-state index contributed by atoms with van der Waals surface area (Å²) in [6.45, 7) is 1.49. The molecule has 5 nitrogen and oxygen atoms in total. The van der Waals surface area contributed by atoms with E-state index in [0.717, 1.165) is 17.6 Å². The second kappa shape index (κ2) is 7.01. The molecule has 9 heteroatoms. The first-order chi connectivity index (χ1) is 14.0. The molecule has 0 fully saturated rings. The average Bonchev–Trinajstić information content (AvgIpc) is 3.02. The van der Waals surface area contributed by atoms with Gasteiger partial charge in [0.15, 0.2) is 15.6 Å². The van der Waals surface area contributed by atoms with Crippen LogP contribution in [0.4, 0.5) is 9.39 Å². The van der Waals surface area contributed by atoms with Gasteiger partial charge in [-0.15, -0.1) is 11.3 Å². The number of hydrogen-bond donors (Lipinski definition) is 1. The van der Waals surface area contributed by atoms with E-state index in [0.29, 0.717) is 26.0 Å². The molecule has 0 bridgehead atoms. The van der Waals surface area contributed by atoms with Crippen molar-refractivity contribution < 1.29 is 22.4 Å². The second-order valence-electron chi connectivity index (χ2n) is 7.17. The van der Waals surface area contributed by atoms with E-state index in [4.69, 9.17) is 11.6 Å². The lowest BCUT2D eigenvalue weighted by Gasteiger charge is -2.32. The topological polar surface area (TPSA) is 80.3 Å². The summed E-state index contributed by atoms with van der Waals surface area (Å²) in [5.74, 6) is -1.42. The highest BCUT2D eigenvalue weighted by molar-refractivity contribution is 7.90. The highest BCUT2D eigenvalue weighted by Gasteiger charge is 2.49. The third-order valence-electron chi connectivity index (χ3n) is 5.22. The Hall–Kier alpha value is -2.55. The fourth-order valence-corrected chi connectivity index (χ4v) is 5.47. The molecule has 1 aromatic heterocycles. The first kappa shape index (κ1) is 20.7. The van der Waals surface area contributed by atoms with E-state index in [2.05, 4.69) is 5.32 Å². The summed E-state index contributed by atoms with van der Waals surface area (Å²) in [5, 5.41) is 3.08. The van der Waals surface area contributed by atoms with E-state index >= 15 is 0 Å². The van der Waals surface area contributed by atoms with Crippen molar-refractivity contribution in [3.05, 3.63) is 69.8 Å². The lowest BCUT2D eigenvalue weighted by atomic mass is 9.73. The number of Topliss-reactive ketones (excluding diaryl/α,β-unsaturated/α-hetero) is 1. The molecule has 3 aromatic rings. The summed E-state index contributed by atoms with van der Waals surface area (Å²) in [4.78, 5) is 26.6. The maximum atomic E-state index is 13.6. The third kappa shape index (κ3) is 3.15. The van der Waals surface area contributed by atoms with Crippen molar-refractivity contribution in [2.75, 3.05) is 11.6 Å². The molecule has 1 aliphatic rings. The van der Waals surface area contributed by atoms with E-state index in [-0.39, 0.29) is 10.5 Å². The number of anilines is 1. The summed E-state index contributed by atoms with van der Waals surface area (Å²) in [7, 11) is -3.42. The Labute approximate surface area is 181 Å². The SMILES string of the molecule is CC1(c2ccc(S(C)(=O)=O)cc2)C(=O)Nc2sc(Cl)c(-c3ccc(F)cc3)c2C1=O. The van der Waals surface area contributed by atoms with Crippen molar-refractivity contribution in [1.29, 1.82) is 0 Å². The largest absolute Gasteiger partial charge is 0.316 e. The molecular formula is C21H15ClFNO4S2. The highest BCUT2D eigenvalue weighted by Crippen LogP contribution is 2.49. The molecule has 0 saturated heterocycles. The summed E-state index contributed by atoms with van der Waals surface area (Å²) < 4.78 is 37.1. The molecule has 1 atom stereocenters. The Balaban J connectivity index is 1.87. The van der Waals surface area contributed by atoms with E-state index in [1.54, 1.807) is 0 Å². The van der Waals surface area contributed by atoms with Gasteiger partial charge in [0.2, 0.25) is 5.91 Å². The molecule has 1 unspecified atom stereocenters. The van der Waals surface area contributed by atoms with Crippen LogP contribution in [-0.2, 0) is 20.0 Å². The maximum absolute atomic E-state index is 13.6. The van der Waals surface area contributed by atoms with Gasteiger partial charge in [-0.25, -0.2) is 12.8 Å². The first-order valence-corrected chi connectivity index (χ1v) is 11.9. The van der Waals surface area contributed by atoms with Crippen molar-refractivity contribution >= 4 is 49.5 Å². The Morgan fingerprint density at radius 2 is 1.60 bits per heavy atom. The van der Waals surface area contributed by atoms with Crippen molar-refractivity contribution in [2.24, 2.45) is 0 Å². The van der Waals surface area contributed by atoms with Crippen LogP contribution in [-0.4, -0.2) is 26.4 Å². The van der Waals surface area contributed by atoms with Gasteiger partial charge in [-0.1, -0.05) is 35.9 Å². The number of nitrogens with one attached hydrogen (secondary N) is 1. The van der Waals surface area contributed by atoms with E-state index in [1.807, 2.05) is 0 Å². The minimum Gasteiger partial charge on any atom is -0.316 e. The molecule has 2 heterocycles. The van der Waals surface area contributed by atoms with Crippen LogP contribution in [0.5, 0.6) is 0 Å². The number of benzene rings is 2. The number of fused-ring (bicyclic) bond motifs is 1. The van der Waals surface area contributed by atoms with Crippen LogP contribution in [0.15, 0.2) is 53.4 Å². The fraction of sp³-hybridized carbons (Fsp3) is 0.143. The number of carbonyl (C=O) groups is 2. The number of carbonyl (C=O) groups excluding carboxylic acids is 2. The number of halogens is 2. The summed E-state index contributed by atoms with van der Waals surface area (Å²) in [5.41, 5.74) is 0.0162. The average molecular weight is 464 g/mol. The van der Waals surface area contributed by atoms with Crippen LogP contribution >= 0.6 is 22.9 Å². The van der Waals surface area contributed by atoms with Crippen molar-refractivity contribution in [1.82, 2.24) is 0 Å². The van der Waals surface area contributed by atoms with Crippen LogP contribution < -0.4 is 5.32 Å². The molecule has 0 spiro atoms. The van der Waals surface area contributed by atoms with Crippen molar-refractivity contribution in [2.45, 2.75) is 17.2 Å². The predicted molar refractivity (Wildman–Crippen MR) is 115 cm³/mol. The highest BCUT2D eigenvalue weighted by atomic mass is 35.5. The molecule has 154 valence electrons. The third-order valence-corrected chi connectivity index (χ3v) is 7.66. The molecular weight excluding hydrogens is 449 g/mol. The quantitative estimate of drug-likeness (QED) is 0.571. The Bertz CT molecular complexity index is 1300. The predicted octanol–water partition coefficient (Wildman–Crippen LogP) is 4.70. The standard InChI is InChI=1S/C21H15ClFNO4S2/c1-21(12-5-9-14(10-6-12)30(2,27)28)17(25)16-15(11-3-7-13(23)8-4-11)18(22)29-19(16)24-20(21)26/h3-10H,1-2H3,(H,24,26). The minimum absolute atomic E-state index is 0.0878. The summed E-state index contributed by atoms with van der Waals surface area (Å²) in [6.07, 6.45) is 1.08. The van der Waals surface area contributed by atoms with Gasteiger partial charge in [-0.05, 0) is 42.3 Å². The van der Waals surface area contributed by atoms with Gasteiger partial charge in [0, 0.05) is 11.8 Å². The van der Waals surface area contributed by atoms with E-state index in [9.17, 15) is 22.4 Å². The maximum Gasteiger partial charge on any atom is 0.243 e. The normalized spacial score (nSPS) is 18.8. The fourth-order valence-electron chi connectivity index (χ4n) is 3.46. The number of sulfone groups is 1. The molecule has 0 saturated carbocycles. The van der Waals surface area contributed by atoms with Crippen LogP contribution in [0, 0.1) is 5.82 Å². The molecule has 4 rings (SSSR count). The van der Waals surface area contributed by atoms with Gasteiger partial charge in [-0.2, -0.15) is 0 Å². The molecule has 0 radical (unpaired) electrons. The van der Waals surface area contributed by atoms with Gasteiger partial charge in [0.05, 0.1) is 10.5 Å². The van der Waals surface area contributed by atoms with Gasteiger partial charge >= 0.3 is 0 Å². The lowest BCUT2D eigenvalue weighted by Crippen LogP contribution is -2.48. The molecule has 0 aliphatic carbocycles. The summed E-state index contributed by atoms with van der Waals surface area (Å²) >= 11 is 7.45. The van der Waals surface area contributed by atoms with Gasteiger partial charge < -0.3 is 5.32 Å². The molecule has 2 aromatic carbocycles. The lowest BCUT2D eigenvalue weighted by molar-refractivity contribution is -0.119. The Morgan fingerprint density at radius 1 is 1.00 bits per heavy atom. The van der Waals surface area contributed by atoms with Crippen LogP contribution in [0.3, 0.4) is 0 Å². The van der Waals surface area contributed by atoms with Crippen LogP contribution in [0.1, 0.15) is 22.8 Å². The molecule has 30 heavy (non-hydrogen) atoms. The number of amides is 1. The zero-order valence-corrected chi connectivity index (χ0v) is 18.2. The van der Waals surface area contributed by atoms with Gasteiger partial charge in [-0.3, -0.25) is 9.59 Å². The number of rotatable bonds is 3. The molecule has 1 amide bonds. The zero-order chi connectivity index (χ0) is 21.8.